The standard InChI is InChI=1S/C20H30N2O3/c1-3-7-19(23)22(15-12-20(24)25-2)18-10-13-21(14-11-18)16-17-8-5-4-6-9-17/h4-6,8-9,18H,3,7,10-16H2,1-2H3. The van der Waals surface area contributed by atoms with Gasteiger partial charge < -0.3 is 9.64 Å². The summed E-state index contributed by atoms with van der Waals surface area (Å²) in [4.78, 5) is 28.3. The van der Waals surface area contributed by atoms with E-state index in [1.807, 2.05) is 17.9 Å². The first kappa shape index (κ1) is 19.4. The fraction of sp³-hybridized carbons (Fsp3) is 0.600. The molecule has 1 heterocycles. The summed E-state index contributed by atoms with van der Waals surface area (Å²) in [6.07, 6.45) is 3.58. The van der Waals surface area contributed by atoms with Gasteiger partial charge in [0, 0.05) is 38.6 Å². The third kappa shape index (κ3) is 6.16. The second-order valence-electron chi connectivity index (χ2n) is 6.66. The van der Waals surface area contributed by atoms with Crippen LogP contribution in [0.15, 0.2) is 30.3 Å². The first-order valence-electron chi connectivity index (χ1n) is 9.26. The van der Waals surface area contributed by atoms with E-state index in [1.54, 1.807) is 0 Å². The Morgan fingerprint density at radius 2 is 1.84 bits per heavy atom. The van der Waals surface area contributed by atoms with Crippen molar-refractivity contribution in [2.75, 3.05) is 26.7 Å². The predicted molar refractivity (Wildman–Crippen MR) is 98.0 cm³/mol. The second-order valence-corrected chi connectivity index (χ2v) is 6.66. The molecule has 0 spiro atoms. The molecule has 0 N–H and O–H groups in total. The molecule has 0 unspecified atom stereocenters. The van der Waals surface area contributed by atoms with Crippen LogP contribution in [0.25, 0.3) is 0 Å². The first-order valence-corrected chi connectivity index (χ1v) is 9.26. The van der Waals surface area contributed by atoms with Crippen LogP contribution in [0.4, 0.5) is 0 Å². The Morgan fingerprint density at radius 1 is 1.16 bits per heavy atom. The number of carbonyl (C=O) groups excluding carboxylic acids is 2. The van der Waals surface area contributed by atoms with Gasteiger partial charge in [-0.25, -0.2) is 0 Å². The van der Waals surface area contributed by atoms with Crippen molar-refractivity contribution in [2.24, 2.45) is 0 Å². The number of esters is 1. The summed E-state index contributed by atoms with van der Waals surface area (Å²) in [5.41, 5.74) is 1.32. The summed E-state index contributed by atoms with van der Waals surface area (Å²) < 4.78 is 4.73. The van der Waals surface area contributed by atoms with Crippen molar-refractivity contribution in [1.29, 1.82) is 0 Å². The van der Waals surface area contributed by atoms with E-state index < -0.39 is 0 Å². The van der Waals surface area contributed by atoms with E-state index >= 15 is 0 Å². The van der Waals surface area contributed by atoms with Crippen molar-refractivity contribution in [3.05, 3.63) is 35.9 Å². The highest BCUT2D eigenvalue weighted by atomic mass is 16.5. The van der Waals surface area contributed by atoms with Crippen LogP contribution in [0.5, 0.6) is 0 Å². The molecule has 0 atom stereocenters. The van der Waals surface area contributed by atoms with Crippen LogP contribution >= 0.6 is 0 Å². The van der Waals surface area contributed by atoms with Crippen LogP contribution in [0, 0.1) is 0 Å². The van der Waals surface area contributed by atoms with Crippen LogP contribution in [0.1, 0.15) is 44.6 Å². The van der Waals surface area contributed by atoms with E-state index in [0.717, 1.165) is 38.9 Å². The lowest BCUT2D eigenvalue weighted by Crippen LogP contribution is -2.47. The van der Waals surface area contributed by atoms with Crippen LogP contribution < -0.4 is 0 Å². The first-order chi connectivity index (χ1) is 12.1. The molecule has 0 radical (unpaired) electrons. The molecule has 2 rings (SSSR count). The average molecular weight is 346 g/mol. The zero-order valence-corrected chi connectivity index (χ0v) is 15.4. The number of hydrogen-bond donors (Lipinski definition) is 0. The zero-order chi connectivity index (χ0) is 18.1. The van der Waals surface area contributed by atoms with Gasteiger partial charge in [0.15, 0.2) is 0 Å². The van der Waals surface area contributed by atoms with Gasteiger partial charge in [-0.15, -0.1) is 0 Å². The van der Waals surface area contributed by atoms with E-state index in [-0.39, 0.29) is 24.3 Å². The van der Waals surface area contributed by atoms with Crippen molar-refractivity contribution < 1.29 is 14.3 Å². The lowest BCUT2D eigenvalue weighted by atomic mass is 10.0. The van der Waals surface area contributed by atoms with Gasteiger partial charge in [0.1, 0.15) is 0 Å². The Bertz CT molecular complexity index is 539. The maximum Gasteiger partial charge on any atom is 0.307 e. The zero-order valence-electron chi connectivity index (χ0n) is 15.4. The van der Waals surface area contributed by atoms with Gasteiger partial charge in [-0.05, 0) is 24.8 Å². The number of hydrogen-bond acceptors (Lipinski definition) is 4. The Morgan fingerprint density at radius 3 is 2.44 bits per heavy atom. The van der Waals surface area contributed by atoms with Crippen LogP contribution in [0.3, 0.4) is 0 Å². The Kier molecular flexibility index (Phi) is 7.92. The van der Waals surface area contributed by atoms with Crippen LogP contribution in [0.2, 0.25) is 0 Å². The lowest BCUT2D eigenvalue weighted by molar-refractivity contribution is -0.142. The average Bonchev–Trinajstić information content (AvgIpc) is 2.64. The molecule has 0 aromatic heterocycles. The summed E-state index contributed by atoms with van der Waals surface area (Å²) in [5.74, 6) is -0.0938. The van der Waals surface area contributed by atoms with Gasteiger partial charge in [0.05, 0.1) is 13.5 Å². The number of piperidine rings is 1. The van der Waals surface area contributed by atoms with Crippen LogP contribution in [-0.4, -0.2) is 54.5 Å². The van der Waals surface area contributed by atoms with E-state index in [4.69, 9.17) is 4.74 Å². The van der Waals surface area contributed by atoms with E-state index in [9.17, 15) is 9.59 Å². The Hall–Kier alpha value is -1.88. The van der Waals surface area contributed by atoms with Crippen molar-refractivity contribution >= 4 is 11.9 Å². The molecule has 1 saturated heterocycles. The molecule has 1 aromatic rings. The van der Waals surface area contributed by atoms with E-state index in [0.29, 0.717) is 13.0 Å². The number of ether oxygens (including phenoxy) is 1. The number of likely N-dealkylation sites (tertiary alicyclic amines) is 1. The molecule has 0 saturated carbocycles. The molecule has 5 heteroatoms. The predicted octanol–water partition coefficient (Wildman–Crippen LogP) is 2.84. The molecule has 1 amide bonds. The monoisotopic (exact) mass is 346 g/mol. The number of amides is 1. The minimum Gasteiger partial charge on any atom is -0.469 e. The maximum atomic E-state index is 12.5. The van der Waals surface area contributed by atoms with Gasteiger partial charge in [-0.1, -0.05) is 37.3 Å². The quantitative estimate of drug-likeness (QED) is 0.679. The summed E-state index contributed by atoms with van der Waals surface area (Å²) in [6.45, 7) is 5.40. The molecular weight excluding hydrogens is 316 g/mol. The maximum absolute atomic E-state index is 12.5. The van der Waals surface area contributed by atoms with Crippen molar-refractivity contribution in [3.63, 3.8) is 0 Å². The summed E-state index contributed by atoms with van der Waals surface area (Å²) in [5, 5.41) is 0. The number of nitrogens with zero attached hydrogens (tertiary/aromatic N) is 2. The molecule has 0 aliphatic carbocycles. The Balaban J connectivity index is 1.88. The minimum absolute atomic E-state index is 0.160. The van der Waals surface area contributed by atoms with Gasteiger partial charge in [0.2, 0.25) is 5.91 Å². The smallest absolute Gasteiger partial charge is 0.307 e. The van der Waals surface area contributed by atoms with Crippen molar-refractivity contribution in [3.8, 4) is 0 Å². The molecular formula is C20H30N2O3. The summed E-state index contributed by atoms with van der Waals surface area (Å²) in [6, 6.07) is 10.7. The van der Waals surface area contributed by atoms with E-state index in [2.05, 4.69) is 29.2 Å². The molecule has 1 aliphatic heterocycles. The molecule has 1 aliphatic rings. The Labute approximate surface area is 150 Å². The molecule has 138 valence electrons. The third-order valence-corrected chi connectivity index (χ3v) is 4.82. The van der Waals surface area contributed by atoms with Gasteiger partial charge in [-0.2, -0.15) is 0 Å². The number of carbonyl (C=O) groups is 2. The van der Waals surface area contributed by atoms with E-state index in [1.165, 1.54) is 12.7 Å². The van der Waals surface area contributed by atoms with Gasteiger partial charge >= 0.3 is 5.97 Å². The number of benzene rings is 1. The van der Waals surface area contributed by atoms with Gasteiger partial charge in [-0.3, -0.25) is 14.5 Å². The molecule has 0 bridgehead atoms. The van der Waals surface area contributed by atoms with Crippen molar-refractivity contribution in [1.82, 2.24) is 9.80 Å². The minimum atomic E-state index is -0.254. The highest BCUT2D eigenvalue weighted by Crippen LogP contribution is 2.20. The SMILES string of the molecule is CCCC(=O)N(CCC(=O)OC)C1CCN(Cc2ccccc2)CC1. The molecule has 5 nitrogen and oxygen atoms in total. The molecule has 1 aromatic carbocycles. The van der Waals surface area contributed by atoms with Gasteiger partial charge in [0.25, 0.3) is 0 Å². The lowest BCUT2D eigenvalue weighted by Gasteiger charge is -2.38. The fourth-order valence-corrected chi connectivity index (χ4v) is 3.41. The topological polar surface area (TPSA) is 49.9 Å². The third-order valence-electron chi connectivity index (χ3n) is 4.82. The number of rotatable bonds is 8. The van der Waals surface area contributed by atoms with Crippen LogP contribution in [-0.2, 0) is 20.9 Å². The second kappa shape index (κ2) is 10.2. The fourth-order valence-electron chi connectivity index (χ4n) is 3.41. The summed E-state index contributed by atoms with van der Waals surface area (Å²) >= 11 is 0. The molecule has 25 heavy (non-hydrogen) atoms. The largest absolute Gasteiger partial charge is 0.469 e. The number of methoxy groups -OCH3 is 1. The highest BCUT2D eigenvalue weighted by Gasteiger charge is 2.27. The molecule has 1 fully saturated rings. The van der Waals surface area contributed by atoms with Crippen molar-refractivity contribution in [2.45, 2.75) is 51.6 Å². The highest BCUT2D eigenvalue weighted by molar-refractivity contribution is 5.77. The normalized spacial score (nSPS) is 15.8. The summed E-state index contributed by atoms with van der Waals surface area (Å²) in [7, 11) is 1.39.